The monoisotopic (exact) mass is 694 g/mol. The number of rotatable bonds is 10. The van der Waals surface area contributed by atoms with Crippen molar-refractivity contribution in [2.24, 2.45) is 0 Å². The molecule has 236 valence electrons. The highest BCUT2D eigenvalue weighted by atomic mass is 32.7. The van der Waals surface area contributed by atoms with Gasteiger partial charge in [-0.15, -0.1) is 9.62 Å². The molecule has 6 heterocycles. The van der Waals surface area contributed by atoms with Gasteiger partial charge in [0.25, 0.3) is 5.56 Å². The van der Waals surface area contributed by atoms with E-state index in [4.69, 9.17) is 46.3 Å². The number of fused-ring (bicyclic) bond motifs is 2. The van der Waals surface area contributed by atoms with E-state index in [2.05, 4.69) is 47.6 Å². The van der Waals surface area contributed by atoms with Crippen LogP contribution in [0.3, 0.4) is 0 Å². The van der Waals surface area contributed by atoms with Gasteiger partial charge in [-0.25, -0.2) is 18.9 Å². The number of nitrogen functional groups attached to an aromatic ring is 2. The number of hydrogen-bond donors (Lipinski definition) is 6. The van der Waals surface area contributed by atoms with Gasteiger partial charge in [0, 0.05) is 6.42 Å². The van der Waals surface area contributed by atoms with Gasteiger partial charge in [-0.3, -0.25) is 14.3 Å². The van der Waals surface area contributed by atoms with Crippen LogP contribution in [-0.4, -0.2) is 98.3 Å². The summed E-state index contributed by atoms with van der Waals surface area (Å²) in [5.41, 5.74) is 11.1. The maximum absolute atomic E-state index is 15.7. The Morgan fingerprint density at radius 3 is 2.84 bits per heavy atom. The van der Waals surface area contributed by atoms with Gasteiger partial charge in [0.15, 0.2) is 35.0 Å². The lowest BCUT2D eigenvalue weighted by molar-refractivity contribution is -0.0536. The highest BCUT2D eigenvalue weighted by Gasteiger charge is 2.51. The predicted molar refractivity (Wildman–Crippen MR) is 152 cm³/mol. The Balaban J connectivity index is 1.18. The summed E-state index contributed by atoms with van der Waals surface area (Å²) in [6.45, 7) is -5.26. The van der Waals surface area contributed by atoms with Crippen molar-refractivity contribution in [2.75, 3.05) is 24.7 Å². The Morgan fingerprint density at radius 2 is 2.07 bits per heavy atom. The first-order chi connectivity index (χ1) is 20.9. The molecule has 20 nitrogen and oxygen atoms in total. The Kier molecular flexibility index (Phi) is 8.63. The number of aromatic amines is 1. The predicted octanol–water partition coefficient (Wildman–Crippen LogP) is -0.534. The molecule has 25 heteroatoms. The van der Waals surface area contributed by atoms with E-state index >= 15 is 4.39 Å². The first kappa shape index (κ1) is 31.2. The SMILES string of the molecule is Nc1nc2c(nnn2[C@@H]2O[C@H](CO[P+](=O)S)[C@H](F)[C@H]2OP(O)(=S)OC[C@H]2O[C@@H](c3cnc4c(N)ncnn34)C[C@@H]2O)c(=O)[nH]1. The van der Waals surface area contributed by atoms with Crippen LogP contribution < -0.4 is 17.0 Å². The third-order valence-electron chi connectivity index (χ3n) is 6.78. The molecule has 2 aliphatic rings. The molecule has 44 heavy (non-hydrogen) atoms. The van der Waals surface area contributed by atoms with Crippen LogP contribution in [0.5, 0.6) is 0 Å². The van der Waals surface area contributed by atoms with E-state index in [0.29, 0.717) is 11.3 Å². The molecule has 9 atom stereocenters. The second-order valence-corrected chi connectivity index (χ2v) is 14.1. The number of nitrogens with two attached hydrogens (primary N) is 2. The number of anilines is 2. The third-order valence-corrected chi connectivity index (χ3v) is 9.05. The van der Waals surface area contributed by atoms with E-state index in [1.54, 1.807) is 0 Å². The smallest absolute Gasteiger partial charge is 0.390 e. The topological polar surface area (TPSA) is 275 Å². The van der Waals surface area contributed by atoms with Crippen molar-refractivity contribution in [3.8, 4) is 0 Å². The lowest BCUT2D eigenvalue weighted by Gasteiger charge is -2.25. The summed E-state index contributed by atoms with van der Waals surface area (Å²) in [5.74, 6) is -0.129. The summed E-state index contributed by atoms with van der Waals surface area (Å²) in [5, 5.41) is 22.3. The van der Waals surface area contributed by atoms with Gasteiger partial charge in [-0.2, -0.15) is 14.8 Å². The van der Waals surface area contributed by atoms with E-state index in [0.717, 1.165) is 4.68 Å². The molecule has 7 N–H and O–H groups in total. The number of hydrogen-bond acceptors (Lipinski definition) is 17. The van der Waals surface area contributed by atoms with Crippen molar-refractivity contribution in [2.45, 2.75) is 49.3 Å². The molecule has 2 aliphatic heterocycles. The minimum atomic E-state index is -4.29. The summed E-state index contributed by atoms with van der Waals surface area (Å²) >= 11 is 8.79. The van der Waals surface area contributed by atoms with E-state index < -0.39 is 75.6 Å². The number of thiol groups is 1. The van der Waals surface area contributed by atoms with E-state index in [1.165, 1.54) is 17.0 Å². The maximum atomic E-state index is 15.7. The lowest BCUT2D eigenvalue weighted by atomic mass is 10.1. The van der Waals surface area contributed by atoms with Crippen LogP contribution in [0.2, 0.25) is 0 Å². The molecule has 0 aliphatic carbocycles. The number of halogens is 1. The zero-order valence-electron chi connectivity index (χ0n) is 21.9. The number of H-pyrrole nitrogens is 1. The van der Waals surface area contributed by atoms with Gasteiger partial charge in [-0.1, -0.05) is 5.21 Å². The van der Waals surface area contributed by atoms with E-state index in [9.17, 15) is 19.4 Å². The quantitative estimate of drug-likeness (QED) is 0.0898. The molecule has 0 radical (unpaired) electrons. The average molecular weight is 695 g/mol. The highest BCUT2D eigenvalue weighted by Crippen LogP contribution is 2.51. The fourth-order valence-corrected chi connectivity index (χ4v) is 6.68. The Morgan fingerprint density at radius 1 is 1.27 bits per heavy atom. The molecule has 2 saturated heterocycles. The summed E-state index contributed by atoms with van der Waals surface area (Å²) in [6, 6.07) is 0. The second-order valence-electron chi connectivity index (χ2n) is 9.56. The number of aliphatic hydroxyl groups excluding tert-OH is 1. The normalized spacial score (nSPS) is 29.0. The summed E-state index contributed by atoms with van der Waals surface area (Å²) < 4.78 is 56.9. The van der Waals surface area contributed by atoms with Crippen LogP contribution in [0, 0.1) is 0 Å². The molecule has 4 aromatic rings. The number of nitrogens with zero attached hydrogens (tertiary/aromatic N) is 8. The molecule has 4 aromatic heterocycles. The third kappa shape index (κ3) is 6.05. The number of ether oxygens (including phenoxy) is 2. The summed E-state index contributed by atoms with van der Waals surface area (Å²) in [6.07, 6.45) is -6.56. The number of alkyl halides is 1. The van der Waals surface area contributed by atoms with Crippen molar-refractivity contribution >= 4 is 66.6 Å². The first-order valence-corrected chi connectivity index (χ1v) is 17.5. The zero-order chi connectivity index (χ0) is 31.3. The number of nitrogens with one attached hydrogen (secondary N) is 1. The van der Waals surface area contributed by atoms with Gasteiger partial charge >= 0.3 is 13.9 Å². The van der Waals surface area contributed by atoms with Crippen molar-refractivity contribution in [1.29, 1.82) is 0 Å². The number of imidazole rings is 1. The molecule has 0 saturated carbocycles. The van der Waals surface area contributed by atoms with Crippen molar-refractivity contribution in [1.82, 2.24) is 44.5 Å². The molecule has 2 fully saturated rings. The molecular weight excluding hydrogens is 671 g/mol. The Labute approximate surface area is 255 Å². The largest absolute Gasteiger partial charge is 0.582 e. The molecule has 0 aromatic carbocycles. The first-order valence-electron chi connectivity index (χ1n) is 12.5. The zero-order valence-corrected chi connectivity index (χ0v) is 25.4. The Bertz CT molecular complexity index is 1830. The number of aliphatic hydroxyl groups is 1. The van der Waals surface area contributed by atoms with Crippen molar-refractivity contribution in [3.63, 3.8) is 0 Å². The van der Waals surface area contributed by atoms with Crippen molar-refractivity contribution in [3.05, 3.63) is 28.6 Å². The van der Waals surface area contributed by atoms with Gasteiger partial charge in [0.2, 0.25) is 5.95 Å². The average Bonchev–Trinajstić information content (AvgIpc) is 3.72. The molecule has 2 unspecified atom stereocenters. The van der Waals surface area contributed by atoms with E-state index in [-0.39, 0.29) is 29.4 Å². The molecule has 0 amide bonds. The maximum Gasteiger partial charge on any atom is 0.582 e. The van der Waals surface area contributed by atoms with Gasteiger partial charge in [-0.05, 0) is 16.4 Å². The Hall–Kier alpha value is -2.82. The highest BCUT2D eigenvalue weighted by molar-refractivity contribution is 8.39. The standard InChI is InChI=1S/C19H22FN11O9P2S2/c20-11-10(3-36-41(34)43)39-18(31-15-12(28-29-31)17(33)27-19(22)26-15)13(11)40-42(35,44)37-4-9-7(32)1-8(38-9)6-2-23-16-14(21)24-5-25-30(6)16/h2,5,7-11,13,18,32H,1,3-4H2,(H6-,21,22,24,25,26,27,29,33,34,35,43,44)/p+1/t7-,8+,9+,10+,11-,13+,18+,42?/m0/s1. The molecule has 0 bridgehead atoms. The van der Waals surface area contributed by atoms with Crippen LogP contribution in [0.15, 0.2) is 17.3 Å². The van der Waals surface area contributed by atoms with E-state index in [1.807, 2.05) is 0 Å². The van der Waals surface area contributed by atoms with Crippen LogP contribution in [0.25, 0.3) is 16.8 Å². The minimum Gasteiger partial charge on any atom is -0.390 e. The summed E-state index contributed by atoms with van der Waals surface area (Å²) in [7, 11) is -2.41. The van der Waals surface area contributed by atoms with Gasteiger partial charge in [0.05, 0.1) is 24.6 Å². The number of aromatic nitrogens is 9. The fourth-order valence-electron chi connectivity index (χ4n) is 4.80. The van der Waals surface area contributed by atoms with Crippen LogP contribution >= 0.6 is 26.2 Å². The van der Waals surface area contributed by atoms with Crippen LogP contribution in [0.4, 0.5) is 16.2 Å². The lowest BCUT2D eigenvalue weighted by Crippen LogP contribution is -2.33. The molecule has 0 spiro atoms. The minimum absolute atomic E-state index is 0.121. The van der Waals surface area contributed by atoms with Crippen molar-refractivity contribution < 1.29 is 42.0 Å². The molecule has 6 rings (SSSR count). The van der Waals surface area contributed by atoms with Crippen LogP contribution in [-0.2, 0) is 39.4 Å². The fraction of sp³-hybridized carbons (Fsp3) is 0.526. The second kappa shape index (κ2) is 12.2. The summed E-state index contributed by atoms with van der Waals surface area (Å²) in [4.78, 5) is 37.5. The van der Waals surface area contributed by atoms with Gasteiger partial charge < -0.3 is 35.5 Å². The molecular formula is C19H23FN11O9P2S2+. The van der Waals surface area contributed by atoms with Gasteiger partial charge in [0.1, 0.15) is 49.6 Å². The van der Waals surface area contributed by atoms with Crippen LogP contribution in [0.1, 0.15) is 24.4 Å².